The minimum Gasteiger partial charge on any atom is -0.325 e. The van der Waals surface area contributed by atoms with E-state index in [0.717, 1.165) is 16.8 Å². The predicted octanol–water partition coefficient (Wildman–Crippen LogP) is 4.05. The van der Waals surface area contributed by atoms with Gasteiger partial charge in [-0.2, -0.15) is 4.98 Å². The van der Waals surface area contributed by atoms with Crippen molar-refractivity contribution >= 4 is 40.6 Å². The van der Waals surface area contributed by atoms with Gasteiger partial charge in [-0.25, -0.2) is 4.98 Å². The fraction of sp³-hybridized carbons (Fsp3) is 0.182. The Hall–Kier alpha value is -3.45. The lowest BCUT2D eigenvalue weighted by molar-refractivity contribution is 0.799. The summed E-state index contributed by atoms with van der Waals surface area (Å²) in [5, 5.41) is 3.92. The molecule has 0 amide bonds. The van der Waals surface area contributed by atoms with Gasteiger partial charge in [-0.05, 0) is 30.2 Å². The molecule has 0 fully saturated rings. The van der Waals surface area contributed by atoms with Crippen molar-refractivity contribution in [1.82, 2.24) is 19.1 Å². The Balaban J connectivity index is 1.89. The number of hydrogen-bond donors (Lipinski definition) is 1. The minimum absolute atomic E-state index is 0.349. The smallest absolute Gasteiger partial charge is 0.300 e. The van der Waals surface area contributed by atoms with Crippen LogP contribution < -0.4 is 10.9 Å². The zero-order valence-corrected chi connectivity index (χ0v) is 17.5. The molecule has 0 unspecified atom stereocenters. The van der Waals surface area contributed by atoms with Crippen molar-refractivity contribution in [2.75, 3.05) is 12.4 Å². The van der Waals surface area contributed by atoms with Gasteiger partial charge >= 0.3 is 5.56 Å². The molecule has 0 aliphatic carbocycles. The molecule has 2 aromatic carbocycles. The van der Waals surface area contributed by atoms with E-state index < -0.39 is 0 Å². The molecule has 8 heteroatoms. The second-order valence-corrected chi connectivity index (χ2v) is 7.27. The third-order valence-corrected chi connectivity index (χ3v) is 5.31. The van der Waals surface area contributed by atoms with Crippen molar-refractivity contribution in [2.24, 2.45) is 4.99 Å². The Morgan fingerprint density at radius 3 is 2.73 bits per heavy atom. The number of rotatable bonds is 6. The number of hydrogen-bond acceptors (Lipinski definition) is 5. The van der Waals surface area contributed by atoms with Crippen LogP contribution in [0, 0.1) is 6.92 Å². The Morgan fingerprint density at radius 1 is 1.17 bits per heavy atom. The summed E-state index contributed by atoms with van der Waals surface area (Å²) in [6.07, 6.45) is 3.37. The molecule has 0 bridgehead atoms. The second-order valence-electron chi connectivity index (χ2n) is 6.86. The number of aliphatic imine (C=N–C) groups is 1. The first kappa shape index (κ1) is 19.8. The molecule has 2 aromatic heterocycles. The van der Waals surface area contributed by atoms with E-state index in [1.807, 2.05) is 60.0 Å². The van der Waals surface area contributed by atoms with Gasteiger partial charge in [0.2, 0.25) is 5.95 Å². The van der Waals surface area contributed by atoms with Crippen LogP contribution in [-0.4, -0.2) is 32.4 Å². The Kier molecular flexibility index (Phi) is 5.63. The molecule has 0 saturated carbocycles. The first-order chi connectivity index (χ1) is 14.6. The van der Waals surface area contributed by atoms with Crippen LogP contribution in [0.5, 0.6) is 0 Å². The first-order valence-corrected chi connectivity index (χ1v) is 9.88. The van der Waals surface area contributed by atoms with Crippen LogP contribution >= 0.6 is 11.6 Å². The average Bonchev–Trinajstić information content (AvgIpc) is 3.18. The third kappa shape index (κ3) is 3.84. The lowest BCUT2D eigenvalue weighted by Gasteiger charge is -2.16. The summed E-state index contributed by atoms with van der Waals surface area (Å²) in [6.45, 7) is 2.88. The highest BCUT2D eigenvalue weighted by atomic mass is 35.5. The Labute approximate surface area is 178 Å². The number of nitrogens with one attached hydrogen (secondary N) is 1. The van der Waals surface area contributed by atoms with Crippen LogP contribution in [0.3, 0.4) is 0 Å². The molecule has 0 saturated heterocycles. The van der Waals surface area contributed by atoms with Crippen molar-refractivity contribution in [3.8, 4) is 0 Å². The summed E-state index contributed by atoms with van der Waals surface area (Å²) < 4.78 is 3.67. The van der Waals surface area contributed by atoms with Gasteiger partial charge in [-0.15, -0.1) is 0 Å². The van der Waals surface area contributed by atoms with E-state index >= 15 is 0 Å². The van der Waals surface area contributed by atoms with Crippen molar-refractivity contribution in [3.63, 3.8) is 0 Å². The van der Waals surface area contributed by atoms with Gasteiger partial charge in [0.05, 0.1) is 19.4 Å². The van der Waals surface area contributed by atoms with Crippen molar-refractivity contribution in [1.29, 1.82) is 0 Å². The highest BCUT2D eigenvalue weighted by Gasteiger charge is 2.17. The van der Waals surface area contributed by atoms with E-state index in [9.17, 15) is 4.79 Å². The van der Waals surface area contributed by atoms with Crippen LogP contribution in [0.1, 0.15) is 11.1 Å². The van der Waals surface area contributed by atoms with Crippen molar-refractivity contribution in [2.45, 2.75) is 20.0 Å². The third-order valence-electron chi connectivity index (χ3n) is 4.90. The summed E-state index contributed by atoms with van der Waals surface area (Å²) in [6, 6.07) is 15.6. The molecule has 7 nitrogen and oxygen atoms in total. The molecule has 0 spiro atoms. The number of aromatic nitrogens is 4. The fourth-order valence-corrected chi connectivity index (χ4v) is 3.45. The normalized spacial score (nSPS) is 11.4. The van der Waals surface area contributed by atoms with E-state index in [0.29, 0.717) is 35.2 Å². The minimum atomic E-state index is -0.349. The Bertz CT molecular complexity index is 1280. The number of fused-ring (bicyclic) bond motifs is 1. The maximum atomic E-state index is 12.9. The SMILES string of the molecule is CN=CCn1cnc2c1c(=O)nc(Nc1cccc(Cl)c1C)n2Cc1ccccc1. The number of benzene rings is 2. The first-order valence-electron chi connectivity index (χ1n) is 9.51. The lowest BCUT2D eigenvalue weighted by atomic mass is 10.2. The van der Waals surface area contributed by atoms with Gasteiger partial charge in [-0.3, -0.25) is 14.4 Å². The number of imidazole rings is 1. The summed E-state index contributed by atoms with van der Waals surface area (Å²) >= 11 is 6.27. The molecular weight excluding hydrogens is 400 g/mol. The van der Waals surface area contributed by atoms with Crippen LogP contribution in [0.2, 0.25) is 5.02 Å². The van der Waals surface area contributed by atoms with Gasteiger partial charge in [-0.1, -0.05) is 48.0 Å². The molecule has 1 N–H and O–H groups in total. The molecular formula is C22H21ClN6O. The molecule has 4 aromatic rings. The van der Waals surface area contributed by atoms with E-state index in [1.165, 1.54) is 0 Å². The zero-order chi connectivity index (χ0) is 21.1. The molecule has 0 aliphatic heterocycles. The van der Waals surface area contributed by atoms with Crippen molar-refractivity contribution in [3.05, 3.63) is 81.4 Å². The van der Waals surface area contributed by atoms with Gasteiger partial charge in [0.15, 0.2) is 11.2 Å². The number of halogens is 1. The largest absolute Gasteiger partial charge is 0.325 e. The van der Waals surface area contributed by atoms with E-state index in [1.54, 1.807) is 24.2 Å². The highest BCUT2D eigenvalue weighted by molar-refractivity contribution is 6.31. The molecule has 30 heavy (non-hydrogen) atoms. The second kappa shape index (κ2) is 8.51. The number of nitrogens with zero attached hydrogens (tertiary/aromatic N) is 5. The quantitative estimate of drug-likeness (QED) is 0.477. The summed E-state index contributed by atoms with van der Waals surface area (Å²) in [5.74, 6) is 0.413. The van der Waals surface area contributed by atoms with Gasteiger partial charge in [0, 0.05) is 24.0 Å². The topological polar surface area (TPSA) is 77.1 Å². The molecule has 152 valence electrons. The van der Waals surface area contributed by atoms with Gasteiger partial charge in [0.1, 0.15) is 0 Å². The lowest BCUT2D eigenvalue weighted by Crippen LogP contribution is -2.20. The summed E-state index contributed by atoms with van der Waals surface area (Å²) in [7, 11) is 1.69. The molecule has 4 rings (SSSR count). The predicted molar refractivity (Wildman–Crippen MR) is 121 cm³/mol. The average molecular weight is 421 g/mol. The molecule has 2 heterocycles. The molecule has 0 aliphatic rings. The van der Waals surface area contributed by atoms with Crippen LogP contribution in [0.25, 0.3) is 11.2 Å². The maximum Gasteiger partial charge on any atom is 0.300 e. The van der Waals surface area contributed by atoms with Crippen LogP contribution in [0.4, 0.5) is 11.6 Å². The van der Waals surface area contributed by atoms with E-state index in [-0.39, 0.29) is 5.56 Å². The van der Waals surface area contributed by atoms with Gasteiger partial charge < -0.3 is 9.88 Å². The monoisotopic (exact) mass is 420 g/mol. The zero-order valence-electron chi connectivity index (χ0n) is 16.7. The maximum absolute atomic E-state index is 12.9. The van der Waals surface area contributed by atoms with Crippen LogP contribution in [-0.2, 0) is 13.1 Å². The van der Waals surface area contributed by atoms with Crippen LogP contribution in [0.15, 0.2) is 64.6 Å². The fourth-order valence-electron chi connectivity index (χ4n) is 3.28. The summed E-state index contributed by atoms with van der Waals surface area (Å²) in [4.78, 5) is 25.8. The molecule has 0 atom stereocenters. The van der Waals surface area contributed by atoms with E-state index in [4.69, 9.17) is 11.6 Å². The highest BCUT2D eigenvalue weighted by Crippen LogP contribution is 2.26. The van der Waals surface area contributed by atoms with Gasteiger partial charge in [0.25, 0.3) is 0 Å². The van der Waals surface area contributed by atoms with Crippen molar-refractivity contribution < 1.29 is 0 Å². The van der Waals surface area contributed by atoms with E-state index in [2.05, 4.69) is 20.3 Å². The summed E-state index contributed by atoms with van der Waals surface area (Å²) in [5.41, 5.74) is 3.39. The standard InChI is InChI=1S/C22H21ClN6O/c1-15-17(23)9-6-10-18(15)26-22-27-21(30)19-20(25-14-28(19)12-11-24-2)29(22)13-16-7-4-3-5-8-16/h3-11,14H,12-13H2,1-2H3,(H,26,27,30). The molecule has 0 radical (unpaired) electrons. The number of anilines is 2. The Morgan fingerprint density at radius 2 is 1.97 bits per heavy atom.